The topological polar surface area (TPSA) is 101 Å². The second-order valence-electron chi connectivity index (χ2n) is 13.8. The van der Waals surface area contributed by atoms with E-state index in [-0.39, 0.29) is 23.8 Å². The molecular weight excluding hydrogens is 614 g/mol. The number of para-hydroxylation sites is 1. The number of nitrogens with zero attached hydrogens (tertiary/aromatic N) is 1. The SMILES string of the molecule is COC(=O)COc1ccc(CCNC(=O)[C@H]2Cc3c([nH]c4ccccc34)[C@H](c3ccc(-c4ccccc4)cc3)N2C(=O)CC(C)(C)C)cc1. The summed E-state index contributed by atoms with van der Waals surface area (Å²) < 4.78 is 10.1. The maximum absolute atomic E-state index is 14.4. The average molecular weight is 658 g/mol. The lowest BCUT2D eigenvalue weighted by molar-refractivity contribution is -0.144. The summed E-state index contributed by atoms with van der Waals surface area (Å²) in [5, 5.41) is 4.22. The van der Waals surface area contributed by atoms with E-state index in [0.29, 0.717) is 31.6 Å². The van der Waals surface area contributed by atoms with Crippen molar-refractivity contribution < 1.29 is 23.9 Å². The number of benzene rings is 4. The fraction of sp³-hybridized carbons (Fsp3) is 0.293. The molecule has 1 aromatic heterocycles. The average Bonchev–Trinajstić information content (AvgIpc) is 3.48. The number of fused-ring (bicyclic) bond motifs is 3. The third kappa shape index (κ3) is 7.70. The predicted molar refractivity (Wildman–Crippen MR) is 191 cm³/mol. The summed E-state index contributed by atoms with van der Waals surface area (Å²) >= 11 is 0. The monoisotopic (exact) mass is 657 g/mol. The smallest absolute Gasteiger partial charge is 0.343 e. The first-order chi connectivity index (χ1) is 23.6. The molecule has 6 rings (SSSR count). The van der Waals surface area contributed by atoms with Crippen LogP contribution in [0.15, 0.2) is 103 Å². The molecule has 8 nitrogen and oxygen atoms in total. The van der Waals surface area contributed by atoms with Crippen molar-refractivity contribution in [3.05, 3.63) is 126 Å². The molecule has 0 saturated carbocycles. The predicted octanol–water partition coefficient (Wildman–Crippen LogP) is 7.02. The molecule has 2 heterocycles. The number of ether oxygens (including phenoxy) is 2. The van der Waals surface area contributed by atoms with Crippen molar-refractivity contribution in [2.75, 3.05) is 20.3 Å². The summed E-state index contributed by atoms with van der Waals surface area (Å²) in [6.45, 7) is 6.39. The van der Waals surface area contributed by atoms with Gasteiger partial charge in [-0.2, -0.15) is 0 Å². The van der Waals surface area contributed by atoms with Crippen LogP contribution in [0.4, 0.5) is 0 Å². The van der Waals surface area contributed by atoms with Gasteiger partial charge in [-0.15, -0.1) is 0 Å². The van der Waals surface area contributed by atoms with E-state index in [1.165, 1.54) is 7.11 Å². The molecule has 8 heteroatoms. The third-order valence-corrected chi connectivity index (χ3v) is 8.96. The van der Waals surface area contributed by atoms with Gasteiger partial charge in [0.25, 0.3) is 0 Å². The van der Waals surface area contributed by atoms with Gasteiger partial charge < -0.3 is 24.7 Å². The second kappa shape index (κ2) is 14.4. The maximum atomic E-state index is 14.4. The van der Waals surface area contributed by atoms with E-state index in [1.807, 2.05) is 74.2 Å². The number of hydrogen-bond acceptors (Lipinski definition) is 5. The molecule has 1 aliphatic rings. The molecule has 0 bridgehead atoms. The van der Waals surface area contributed by atoms with Crippen LogP contribution in [0.25, 0.3) is 22.0 Å². The number of aromatic nitrogens is 1. The normalized spacial score (nSPS) is 15.8. The van der Waals surface area contributed by atoms with Crippen LogP contribution in [-0.2, 0) is 32.0 Å². The lowest BCUT2D eigenvalue weighted by Crippen LogP contribution is -2.55. The molecule has 0 unspecified atom stereocenters. The molecule has 5 aromatic rings. The number of hydrogen-bond donors (Lipinski definition) is 2. The van der Waals surface area contributed by atoms with E-state index >= 15 is 0 Å². The molecule has 49 heavy (non-hydrogen) atoms. The summed E-state index contributed by atoms with van der Waals surface area (Å²) in [4.78, 5) is 45.4. The molecular formula is C41H43N3O5. The zero-order chi connectivity index (χ0) is 34.5. The Hall–Kier alpha value is -5.37. The Balaban J connectivity index is 1.30. The molecule has 4 aromatic carbocycles. The standard InChI is InChI=1S/C41H43N3O5/c1-41(2,3)25-36(45)44-35(40(47)42-23-22-27-14-20-31(21-15-27)49-26-37(46)48-4)24-33-32-12-8-9-13-34(32)43-38(33)39(44)30-18-16-29(17-19-30)28-10-6-5-7-11-28/h5-21,35,39,43H,22-26H2,1-4H3,(H,42,47)/t35-,39+/m1/s1. The second-order valence-corrected chi connectivity index (χ2v) is 13.8. The number of carbonyl (C=O) groups excluding carboxylic acids is 3. The number of H-pyrrole nitrogens is 1. The van der Waals surface area contributed by atoms with Crippen molar-refractivity contribution in [2.24, 2.45) is 5.41 Å². The van der Waals surface area contributed by atoms with Gasteiger partial charge >= 0.3 is 5.97 Å². The molecule has 2 N–H and O–H groups in total. The van der Waals surface area contributed by atoms with E-state index < -0.39 is 18.1 Å². The van der Waals surface area contributed by atoms with Gasteiger partial charge in [0.1, 0.15) is 11.8 Å². The van der Waals surface area contributed by atoms with Gasteiger partial charge in [-0.25, -0.2) is 4.79 Å². The molecule has 0 radical (unpaired) electrons. The third-order valence-electron chi connectivity index (χ3n) is 8.96. The molecule has 2 amide bonds. The minimum atomic E-state index is -0.700. The van der Waals surface area contributed by atoms with Crippen LogP contribution in [0, 0.1) is 5.41 Å². The number of amides is 2. The first kappa shape index (κ1) is 33.5. The van der Waals surface area contributed by atoms with Gasteiger partial charge in [-0.1, -0.05) is 106 Å². The van der Waals surface area contributed by atoms with Gasteiger partial charge in [-0.05, 0) is 57.9 Å². The van der Waals surface area contributed by atoms with Crippen LogP contribution in [0.5, 0.6) is 5.75 Å². The van der Waals surface area contributed by atoms with Crippen LogP contribution < -0.4 is 10.1 Å². The summed E-state index contributed by atoms with van der Waals surface area (Å²) in [6.07, 6.45) is 1.30. The van der Waals surface area contributed by atoms with Crippen molar-refractivity contribution in [3.63, 3.8) is 0 Å². The Morgan fingerprint density at radius 1 is 0.857 bits per heavy atom. The Labute approximate surface area is 287 Å². The Bertz CT molecular complexity index is 1920. The van der Waals surface area contributed by atoms with Crippen LogP contribution in [-0.4, -0.2) is 54.0 Å². The molecule has 252 valence electrons. The number of methoxy groups -OCH3 is 1. The molecule has 0 fully saturated rings. The van der Waals surface area contributed by atoms with Crippen LogP contribution in [0.2, 0.25) is 0 Å². The van der Waals surface area contributed by atoms with Gasteiger partial charge in [0.05, 0.1) is 13.2 Å². The highest BCUT2D eigenvalue weighted by Gasteiger charge is 2.44. The van der Waals surface area contributed by atoms with E-state index in [9.17, 15) is 14.4 Å². The molecule has 0 saturated heterocycles. The zero-order valence-electron chi connectivity index (χ0n) is 28.5. The van der Waals surface area contributed by atoms with Crippen LogP contribution in [0.1, 0.15) is 55.6 Å². The Morgan fingerprint density at radius 3 is 2.22 bits per heavy atom. The van der Waals surface area contributed by atoms with E-state index in [1.54, 1.807) is 12.1 Å². The highest BCUT2D eigenvalue weighted by atomic mass is 16.6. The van der Waals surface area contributed by atoms with E-state index in [2.05, 4.69) is 57.5 Å². The number of rotatable bonds is 10. The highest BCUT2D eigenvalue weighted by molar-refractivity contribution is 5.92. The molecule has 1 aliphatic heterocycles. The highest BCUT2D eigenvalue weighted by Crippen LogP contribution is 2.42. The van der Waals surface area contributed by atoms with Crippen molar-refractivity contribution in [1.29, 1.82) is 0 Å². The van der Waals surface area contributed by atoms with Gasteiger partial charge in [0.15, 0.2) is 6.61 Å². The number of nitrogens with one attached hydrogen (secondary N) is 2. The minimum absolute atomic E-state index is 0.0587. The molecule has 0 spiro atoms. The van der Waals surface area contributed by atoms with Gasteiger partial charge in [-0.3, -0.25) is 9.59 Å². The largest absolute Gasteiger partial charge is 0.482 e. The fourth-order valence-corrected chi connectivity index (χ4v) is 6.58. The molecule has 0 aliphatic carbocycles. The van der Waals surface area contributed by atoms with Crippen molar-refractivity contribution in [2.45, 2.75) is 52.1 Å². The zero-order valence-corrected chi connectivity index (χ0v) is 28.5. The van der Waals surface area contributed by atoms with Crippen LogP contribution >= 0.6 is 0 Å². The van der Waals surface area contributed by atoms with E-state index in [4.69, 9.17) is 4.74 Å². The summed E-state index contributed by atoms with van der Waals surface area (Å²) in [5.41, 5.74) is 6.89. The van der Waals surface area contributed by atoms with Gasteiger partial charge in [0.2, 0.25) is 11.8 Å². The summed E-state index contributed by atoms with van der Waals surface area (Å²) in [7, 11) is 1.32. The Kier molecular flexibility index (Phi) is 9.85. The summed E-state index contributed by atoms with van der Waals surface area (Å²) in [6, 6.07) is 32.9. The van der Waals surface area contributed by atoms with Gasteiger partial charge in [0, 0.05) is 36.0 Å². The first-order valence-electron chi connectivity index (χ1n) is 16.7. The summed E-state index contributed by atoms with van der Waals surface area (Å²) in [5.74, 6) is -0.125. The lowest BCUT2D eigenvalue weighted by Gasteiger charge is -2.42. The van der Waals surface area contributed by atoms with E-state index in [0.717, 1.165) is 44.4 Å². The first-order valence-corrected chi connectivity index (χ1v) is 16.7. The van der Waals surface area contributed by atoms with Crippen LogP contribution in [0.3, 0.4) is 0 Å². The minimum Gasteiger partial charge on any atom is -0.482 e. The van der Waals surface area contributed by atoms with Crippen molar-refractivity contribution in [1.82, 2.24) is 15.2 Å². The lowest BCUT2D eigenvalue weighted by atomic mass is 9.85. The quantitative estimate of drug-likeness (QED) is 0.157. The number of carbonyl (C=O) groups is 3. The maximum Gasteiger partial charge on any atom is 0.343 e. The number of esters is 1. The fourth-order valence-electron chi connectivity index (χ4n) is 6.58. The number of aromatic amines is 1. The Morgan fingerprint density at radius 2 is 1.53 bits per heavy atom. The van der Waals surface area contributed by atoms with Crippen molar-refractivity contribution in [3.8, 4) is 16.9 Å². The van der Waals surface area contributed by atoms with Crippen molar-refractivity contribution >= 4 is 28.7 Å². The molecule has 2 atom stereocenters.